The van der Waals surface area contributed by atoms with Crippen LogP contribution in [0.1, 0.15) is 26.3 Å². The number of rotatable bonds is 7. The van der Waals surface area contributed by atoms with Gasteiger partial charge in [-0.3, -0.25) is 14.9 Å². The summed E-state index contributed by atoms with van der Waals surface area (Å²) >= 11 is 0. The maximum absolute atomic E-state index is 12.3. The highest BCUT2D eigenvalue weighted by Gasteiger charge is 2.10. The minimum atomic E-state index is -0.540. The molecule has 0 saturated carbocycles. The molecule has 3 rings (SSSR count). The number of carbonyl (C=O) groups excluding carboxylic acids is 2. The molecule has 1 amide bonds. The van der Waals surface area contributed by atoms with E-state index in [2.05, 4.69) is 5.32 Å². The molecular weight excluding hydrogens is 388 g/mol. The Hall–Kier alpha value is -4.20. The normalized spacial score (nSPS) is 10.2. The first-order valence-corrected chi connectivity index (χ1v) is 8.92. The Balaban J connectivity index is 1.55. The molecule has 0 radical (unpaired) electrons. The quantitative estimate of drug-likeness (QED) is 0.358. The molecule has 0 unspecified atom stereocenters. The molecule has 0 atom stereocenters. The van der Waals surface area contributed by atoms with Crippen LogP contribution < -0.4 is 10.1 Å². The number of benzene rings is 3. The summed E-state index contributed by atoms with van der Waals surface area (Å²) in [5.74, 6) is -0.171. The molecule has 152 valence electrons. The van der Waals surface area contributed by atoms with Crippen LogP contribution >= 0.6 is 0 Å². The monoisotopic (exact) mass is 406 g/mol. The van der Waals surface area contributed by atoms with Crippen molar-refractivity contribution < 1.29 is 24.0 Å². The molecule has 0 spiro atoms. The SMILES string of the molecule is COc1ccc(C(=O)Nc2ccc(C(=O)OCc3ccc([N+](=O)[O-])cc3)cc2)cc1. The molecule has 0 aliphatic carbocycles. The molecule has 0 fully saturated rings. The van der Waals surface area contributed by atoms with Crippen molar-refractivity contribution in [3.05, 3.63) is 99.6 Å². The first kappa shape index (κ1) is 20.5. The molecule has 0 bridgehead atoms. The van der Waals surface area contributed by atoms with Crippen molar-refractivity contribution in [1.82, 2.24) is 0 Å². The highest BCUT2D eigenvalue weighted by molar-refractivity contribution is 6.04. The summed E-state index contributed by atoms with van der Waals surface area (Å²) < 4.78 is 10.3. The van der Waals surface area contributed by atoms with Gasteiger partial charge in [0.1, 0.15) is 12.4 Å². The summed E-state index contributed by atoms with van der Waals surface area (Å²) in [7, 11) is 1.55. The van der Waals surface area contributed by atoms with Crippen molar-refractivity contribution >= 4 is 23.3 Å². The van der Waals surface area contributed by atoms with Crippen LogP contribution in [0.4, 0.5) is 11.4 Å². The number of nitro benzene ring substituents is 1. The van der Waals surface area contributed by atoms with Gasteiger partial charge in [0.15, 0.2) is 0 Å². The molecule has 3 aromatic rings. The molecular formula is C22H18N2O6. The number of methoxy groups -OCH3 is 1. The van der Waals surface area contributed by atoms with Crippen LogP contribution in [0.2, 0.25) is 0 Å². The third-order valence-corrected chi connectivity index (χ3v) is 4.25. The lowest BCUT2D eigenvalue weighted by atomic mass is 10.1. The lowest BCUT2D eigenvalue weighted by Crippen LogP contribution is -2.12. The van der Waals surface area contributed by atoms with Gasteiger partial charge in [-0.05, 0) is 66.2 Å². The maximum Gasteiger partial charge on any atom is 0.338 e. The molecule has 0 heterocycles. The minimum Gasteiger partial charge on any atom is -0.497 e. The number of ether oxygens (including phenoxy) is 2. The Morgan fingerprint density at radius 2 is 1.50 bits per heavy atom. The van der Waals surface area contributed by atoms with Crippen molar-refractivity contribution in [3.63, 3.8) is 0 Å². The fraction of sp³-hybridized carbons (Fsp3) is 0.0909. The number of anilines is 1. The lowest BCUT2D eigenvalue weighted by Gasteiger charge is -2.08. The Morgan fingerprint density at radius 3 is 2.07 bits per heavy atom. The van der Waals surface area contributed by atoms with E-state index in [1.807, 2.05) is 0 Å². The molecule has 0 aliphatic heterocycles. The minimum absolute atomic E-state index is 0.00716. The summed E-state index contributed by atoms with van der Waals surface area (Å²) in [4.78, 5) is 34.6. The number of nitrogens with one attached hydrogen (secondary N) is 1. The van der Waals surface area contributed by atoms with Gasteiger partial charge in [0.05, 0.1) is 17.6 Å². The predicted molar refractivity (Wildman–Crippen MR) is 110 cm³/mol. The number of non-ortho nitro benzene ring substituents is 1. The standard InChI is InChI=1S/C22H18N2O6/c1-29-20-12-6-16(7-13-20)21(25)23-18-8-4-17(5-9-18)22(26)30-14-15-2-10-19(11-3-15)24(27)28/h2-13H,14H2,1H3,(H,23,25). The number of hydrogen-bond acceptors (Lipinski definition) is 6. The highest BCUT2D eigenvalue weighted by atomic mass is 16.6. The molecule has 8 heteroatoms. The van der Waals surface area contributed by atoms with E-state index in [0.717, 1.165) is 0 Å². The first-order chi connectivity index (χ1) is 14.5. The molecule has 0 saturated heterocycles. The largest absolute Gasteiger partial charge is 0.497 e. The Labute approximate surface area is 172 Å². The van der Waals surface area contributed by atoms with Gasteiger partial charge in [0, 0.05) is 23.4 Å². The topological polar surface area (TPSA) is 108 Å². The van der Waals surface area contributed by atoms with Crippen LogP contribution in [0.5, 0.6) is 5.75 Å². The van der Waals surface area contributed by atoms with Gasteiger partial charge in [0.2, 0.25) is 0 Å². The van der Waals surface area contributed by atoms with Crippen LogP contribution in [0, 0.1) is 10.1 Å². The van der Waals surface area contributed by atoms with Crippen LogP contribution in [-0.4, -0.2) is 23.9 Å². The lowest BCUT2D eigenvalue weighted by molar-refractivity contribution is -0.384. The predicted octanol–water partition coefficient (Wildman–Crippen LogP) is 4.21. The average Bonchev–Trinajstić information content (AvgIpc) is 2.78. The van der Waals surface area contributed by atoms with E-state index in [1.165, 1.54) is 24.3 Å². The number of esters is 1. The zero-order chi connectivity index (χ0) is 21.5. The van der Waals surface area contributed by atoms with E-state index in [0.29, 0.717) is 28.1 Å². The zero-order valence-corrected chi connectivity index (χ0v) is 16.0. The summed E-state index contributed by atoms with van der Waals surface area (Å²) in [5, 5.41) is 13.4. The molecule has 0 aliphatic rings. The fourth-order valence-electron chi connectivity index (χ4n) is 2.58. The number of carbonyl (C=O) groups is 2. The Morgan fingerprint density at radius 1 is 0.900 bits per heavy atom. The van der Waals surface area contributed by atoms with E-state index in [9.17, 15) is 19.7 Å². The van der Waals surface area contributed by atoms with Crippen LogP contribution in [0.3, 0.4) is 0 Å². The van der Waals surface area contributed by atoms with Crippen molar-refractivity contribution in [3.8, 4) is 5.75 Å². The van der Waals surface area contributed by atoms with Crippen LogP contribution in [0.15, 0.2) is 72.8 Å². The van der Waals surface area contributed by atoms with E-state index < -0.39 is 10.9 Å². The Kier molecular flexibility index (Phi) is 6.39. The van der Waals surface area contributed by atoms with Gasteiger partial charge >= 0.3 is 5.97 Å². The van der Waals surface area contributed by atoms with Crippen LogP contribution in [-0.2, 0) is 11.3 Å². The van der Waals surface area contributed by atoms with Gasteiger partial charge < -0.3 is 14.8 Å². The molecule has 30 heavy (non-hydrogen) atoms. The van der Waals surface area contributed by atoms with Crippen molar-refractivity contribution in [2.24, 2.45) is 0 Å². The van der Waals surface area contributed by atoms with Crippen molar-refractivity contribution in [1.29, 1.82) is 0 Å². The number of nitrogens with zero attached hydrogens (tertiary/aromatic N) is 1. The molecule has 8 nitrogen and oxygen atoms in total. The smallest absolute Gasteiger partial charge is 0.338 e. The number of amides is 1. The summed E-state index contributed by atoms with van der Waals surface area (Å²) in [5.41, 5.74) is 1.93. The van der Waals surface area contributed by atoms with Crippen molar-refractivity contribution in [2.45, 2.75) is 6.61 Å². The fourth-order valence-corrected chi connectivity index (χ4v) is 2.58. The van der Waals surface area contributed by atoms with Gasteiger partial charge in [-0.15, -0.1) is 0 Å². The number of hydrogen-bond donors (Lipinski definition) is 1. The molecule has 3 aromatic carbocycles. The second-order valence-electron chi connectivity index (χ2n) is 6.26. The number of nitro groups is 1. The van der Waals surface area contributed by atoms with Gasteiger partial charge in [-0.1, -0.05) is 0 Å². The first-order valence-electron chi connectivity index (χ1n) is 8.92. The third-order valence-electron chi connectivity index (χ3n) is 4.25. The highest BCUT2D eigenvalue weighted by Crippen LogP contribution is 2.16. The summed E-state index contributed by atoms with van der Waals surface area (Å²) in [6.07, 6.45) is 0. The summed E-state index contributed by atoms with van der Waals surface area (Å²) in [6, 6.07) is 18.7. The third kappa shape index (κ3) is 5.20. The van der Waals surface area contributed by atoms with Gasteiger partial charge in [0.25, 0.3) is 11.6 Å². The van der Waals surface area contributed by atoms with Crippen molar-refractivity contribution in [2.75, 3.05) is 12.4 Å². The van der Waals surface area contributed by atoms with E-state index in [1.54, 1.807) is 55.6 Å². The van der Waals surface area contributed by atoms with E-state index >= 15 is 0 Å². The summed E-state index contributed by atoms with van der Waals surface area (Å²) in [6.45, 7) is -0.00716. The second-order valence-corrected chi connectivity index (χ2v) is 6.26. The molecule has 0 aromatic heterocycles. The van der Waals surface area contributed by atoms with E-state index in [-0.39, 0.29) is 18.2 Å². The van der Waals surface area contributed by atoms with Gasteiger partial charge in [-0.2, -0.15) is 0 Å². The van der Waals surface area contributed by atoms with Crippen LogP contribution in [0.25, 0.3) is 0 Å². The molecule has 1 N–H and O–H groups in total. The zero-order valence-electron chi connectivity index (χ0n) is 16.0. The average molecular weight is 406 g/mol. The van der Waals surface area contributed by atoms with E-state index in [4.69, 9.17) is 9.47 Å². The second kappa shape index (κ2) is 9.33. The Bertz CT molecular complexity index is 1040. The van der Waals surface area contributed by atoms with Gasteiger partial charge in [-0.25, -0.2) is 4.79 Å². The maximum atomic E-state index is 12.3.